The average molecular weight is 377 g/mol. The maximum atomic E-state index is 12.9. The summed E-state index contributed by atoms with van der Waals surface area (Å²) in [7, 11) is 0. The lowest BCUT2D eigenvalue weighted by Gasteiger charge is -2.28. The summed E-state index contributed by atoms with van der Waals surface area (Å²) in [5.74, 6) is -1.55. The van der Waals surface area contributed by atoms with Crippen molar-refractivity contribution >= 4 is 23.6 Å². The number of halogens is 1. The summed E-state index contributed by atoms with van der Waals surface area (Å²) >= 11 is 0. The van der Waals surface area contributed by atoms with Gasteiger partial charge in [-0.3, -0.25) is 9.59 Å². The molecule has 3 rings (SSSR count). The van der Waals surface area contributed by atoms with E-state index < -0.39 is 5.97 Å². The molecule has 3 amide bonds. The fourth-order valence-corrected chi connectivity index (χ4v) is 3.81. The van der Waals surface area contributed by atoms with Crippen molar-refractivity contribution in [2.45, 2.75) is 38.1 Å². The minimum Gasteiger partial charge on any atom is -0.481 e. The first-order valence-electron chi connectivity index (χ1n) is 9.27. The summed E-state index contributed by atoms with van der Waals surface area (Å²) in [5, 5.41) is 14.5. The maximum Gasteiger partial charge on any atom is 0.319 e. The first-order chi connectivity index (χ1) is 12.9. The lowest BCUT2D eigenvalue weighted by molar-refractivity contribution is -0.145. The van der Waals surface area contributed by atoms with Crippen molar-refractivity contribution in [2.24, 2.45) is 11.8 Å². The Morgan fingerprint density at radius 2 is 1.63 bits per heavy atom. The maximum absolute atomic E-state index is 12.9. The Hall–Kier alpha value is -2.64. The number of hydrogen-bond donors (Lipinski definition) is 3. The van der Waals surface area contributed by atoms with Gasteiger partial charge in [0.05, 0.1) is 5.92 Å². The molecule has 2 aliphatic rings. The number of amides is 3. The van der Waals surface area contributed by atoms with Crippen LogP contribution in [0.15, 0.2) is 24.3 Å². The summed E-state index contributed by atoms with van der Waals surface area (Å²) < 4.78 is 12.9. The summed E-state index contributed by atoms with van der Waals surface area (Å²) in [5.41, 5.74) is 0.495. The number of rotatable bonds is 4. The summed E-state index contributed by atoms with van der Waals surface area (Å²) in [6.45, 7) is 1.04. The highest BCUT2D eigenvalue weighted by molar-refractivity contribution is 5.89. The van der Waals surface area contributed by atoms with Crippen LogP contribution >= 0.6 is 0 Å². The Morgan fingerprint density at radius 3 is 2.26 bits per heavy atom. The fourth-order valence-electron chi connectivity index (χ4n) is 3.81. The molecule has 3 N–H and O–H groups in total. The number of urea groups is 1. The number of likely N-dealkylation sites (tertiary alicyclic amines) is 1. The zero-order chi connectivity index (χ0) is 19.4. The normalized spacial score (nSPS) is 25.1. The van der Waals surface area contributed by atoms with E-state index in [1.54, 1.807) is 4.90 Å². The number of benzene rings is 1. The van der Waals surface area contributed by atoms with Gasteiger partial charge in [0.25, 0.3) is 0 Å². The fraction of sp³-hybridized carbons (Fsp3) is 0.526. The van der Waals surface area contributed by atoms with Crippen LogP contribution in [0.2, 0.25) is 0 Å². The summed E-state index contributed by atoms with van der Waals surface area (Å²) in [6, 6.07) is 4.97. The molecule has 0 aromatic heterocycles. The lowest BCUT2D eigenvalue weighted by Crippen LogP contribution is -2.42. The van der Waals surface area contributed by atoms with Crippen molar-refractivity contribution in [3.05, 3.63) is 30.1 Å². The molecule has 27 heavy (non-hydrogen) atoms. The van der Waals surface area contributed by atoms with Crippen molar-refractivity contribution in [3.8, 4) is 0 Å². The molecule has 7 nitrogen and oxygen atoms in total. The van der Waals surface area contributed by atoms with Gasteiger partial charge >= 0.3 is 12.0 Å². The predicted octanol–water partition coefficient (Wildman–Crippen LogP) is 2.44. The Bertz CT molecular complexity index is 701. The predicted molar refractivity (Wildman–Crippen MR) is 96.6 cm³/mol. The molecular formula is C19H24FN3O4. The number of carbonyl (C=O) groups is 3. The van der Waals surface area contributed by atoms with Crippen LogP contribution in [-0.2, 0) is 9.59 Å². The number of nitrogens with zero attached hydrogens (tertiary/aromatic N) is 1. The second-order valence-corrected chi connectivity index (χ2v) is 7.26. The molecule has 2 fully saturated rings. The molecule has 0 radical (unpaired) electrons. The van der Waals surface area contributed by atoms with Gasteiger partial charge in [-0.05, 0) is 56.4 Å². The first kappa shape index (κ1) is 19.1. The third kappa shape index (κ3) is 4.96. The number of nitrogens with one attached hydrogen (secondary N) is 2. The highest BCUT2D eigenvalue weighted by Gasteiger charge is 2.35. The molecule has 8 heteroatoms. The standard InChI is InChI=1S/C19H24FN3O4/c20-14-5-7-15(8-6-14)21-19(27)22-16-9-10-23(11-16)17(24)12-1-3-13(4-2-12)18(25)26/h5-8,12-13,16H,1-4,9-11H2,(H,25,26)(H2,21,22,27). The van der Waals surface area contributed by atoms with Crippen molar-refractivity contribution in [1.82, 2.24) is 10.2 Å². The van der Waals surface area contributed by atoms with Gasteiger partial charge < -0.3 is 20.6 Å². The van der Waals surface area contributed by atoms with Crippen LogP contribution in [0.1, 0.15) is 32.1 Å². The van der Waals surface area contributed by atoms with E-state index in [2.05, 4.69) is 10.6 Å². The Morgan fingerprint density at radius 1 is 1.00 bits per heavy atom. The van der Waals surface area contributed by atoms with Crippen LogP contribution in [0.5, 0.6) is 0 Å². The highest BCUT2D eigenvalue weighted by atomic mass is 19.1. The number of carbonyl (C=O) groups excluding carboxylic acids is 2. The van der Waals surface area contributed by atoms with Gasteiger partial charge in [-0.2, -0.15) is 0 Å². The third-order valence-corrected chi connectivity index (χ3v) is 5.36. The van der Waals surface area contributed by atoms with E-state index in [0.717, 1.165) is 0 Å². The molecular weight excluding hydrogens is 353 g/mol. The number of carboxylic acids is 1. The number of anilines is 1. The van der Waals surface area contributed by atoms with E-state index in [1.807, 2.05) is 0 Å². The molecule has 1 aromatic rings. The Balaban J connectivity index is 1.44. The topological polar surface area (TPSA) is 98.7 Å². The Kier molecular flexibility index (Phi) is 5.93. The molecule has 1 heterocycles. The molecule has 0 spiro atoms. The molecule has 0 bridgehead atoms. The van der Waals surface area contributed by atoms with Gasteiger partial charge in [-0.1, -0.05) is 0 Å². The van der Waals surface area contributed by atoms with Crippen molar-refractivity contribution in [1.29, 1.82) is 0 Å². The van der Waals surface area contributed by atoms with E-state index in [4.69, 9.17) is 5.11 Å². The molecule has 1 aromatic carbocycles. The van der Waals surface area contributed by atoms with Gasteiger partial charge in [0.15, 0.2) is 0 Å². The smallest absolute Gasteiger partial charge is 0.319 e. The molecule has 1 unspecified atom stereocenters. The van der Waals surface area contributed by atoms with E-state index in [9.17, 15) is 18.8 Å². The van der Waals surface area contributed by atoms with Gasteiger partial charge in [-0.15, -0.1) is 0 Å². The van der Waals surface area contributed by atoms with E-state index >= 15 is 0 Å². The van der Waals surface area contributed by atoms with Crippen LogP contribution in [0.25, 0.3) is 0 Å². The minimum absolute atomic E-state index is 0.0575. The quantitative estimate of drug-likeness (QED) is 0.750. The number of aliphatic carboxylic acids is 1. The van der Waals surface area contributed by atoms with E-state index in [-0.39, 0.29) is 35.6 Å². The van der Waals surface area contributed by atoms with Crippen LogP contribution in [0, 0.1) is 17.7 Å². The molecule has 1 aliphatic carbocycles. The summed E-state index contributed by atoms with van der Waals surface area (Å²) in [6.07, 6.45) is 2.97. The van der Waals surface area contributed by atoms with Gasteiger partial charge in [0.2, 0.25) is 5.91 Å². The highest BCUT2D eigenvalue weighted by Crippen LogP contribution is 2.31. The first-order valence-corrected chi connectivity index (χ1v) is 9.27. The van der Waals surface area contributed by atoms with E-state index in [1.165, 1.54) is 24.3 Å². The minimum atomic E-state index is -0.779. The second kappa shape index (κ2) is 8.37. The van der Waals surface area contributed by atoms with Crippen LogP contribution < -0.4 is 10.6 Å². The number of hydrogen-bond acceptors (Lipinski definition) is 3. The van der Waals surface area contributed by atoms with E-state index in [0.29, 0.717) is 50.9 Å². The van der Waals surface area contributed by atoms with Crippen molar-refractivity contribution in [3.63, 3.8) is 0 Å². The number of carboxylic acid groups (broad SMARTS) is 1. The third-order valence-electron chi connectivity index (χ3n) is 5.36. The van der Waals surface area contributed by atoms with Crippen LogP contribution in [-0.4, -0.2) is 47.0 Å². The van der Waals surface area contributed by atoms with Crippen LogP contribution in [0.3, 0.4) is 0 Å². The molecule has 1 aliphatic heterocycles. The zero-order valence-electron chi connectivity index (χ0n) is 15.0. The largest absolute Gasteiger partial charge is 0.481 e. The SMILES string of the molecule is O=C(Nc1ccc(F)cc1)NC1CCN(C(=O)C2CCC(C(=O)O)CC2)C1. The molecule has 1 atom stereocenters. The molecule has 146 valence electrons. The van der Waals surface area contributed by atoms with Crippen molar-refractivity contribution < 1.29 is 23.9 Å². The van der Waals surface area contributed by atoms with Crippen molar-refractivity contribution in [2.75, 3.05) is 18.4 Å². The molecule has 1 saturated heterocycles. The average Bonchev–Trinajstić information content (AvgIpc) is 3.11. The van der Waals surface area contributed by atoms with Gasteiger partial charge in [0, 0.05) is 30.7 Å². The second-order valence-electron chi connectivity index (χ2n) is 7.26. The zero-order valence-corrected chi connectivity index (χ0v) is 15.0. The molecule has 1 saturated carbocycles. The lowest BCUT2D eigenvalue weighted by atomic mass is 9.81. The van der Waals surface area contributed by atoms with Gasteiger partial charge in [-0.25, -0.2) is 9.18 Å². The monoisotopic (exact) mass is 377 g/mol. The van der Waals surface area contributed by atoms with Gasteiger partial charge in [0.1, 0.15) is 5.82 Å². The summed E-state index contributed by atoms with van der Waals surface area (Å²) in [4.78, 5) is 37.5. The Labute approximate surface area is 156 Å². The van der Waals surface area contributed by atoms with Crippen LogP contribution in [0.4, 0.5) is 14.9 Å².